The zero-order chi connectivity index (χ0) is 15.4. The Kier molecular flexibility index (Phi) is 5.21. The maximum absolute atomic E-state index is 12.5. The fourth-order valence-electron chi connectivity index (χ4n) is 2.93. The third kappa shape index (κ3) is 3.96. The molecule has 0 bridgehead atoms. The molecular formula is C17H22BNO2. The number of aryl methyl sites for hydroxylation is 1. The molecule has 1 saturated heterocycles. The van der Waals surface area contributed by atoms with Crippen molar-refractivity contribution in [3.05, 3.63) is 35.9 Å². The van der Waals surface area contributed by atoms with Gasteiger partial charge in [-0.2, -0.15) is 0 Å². The van der Waals surface area contributed by atoms with E-state index in [0.29, 0.717) is 13.0 Å². The van der Waals surface area contributed by atoms with Crippen LogP contribution in [0.3, 0.4) is 0 Å². The summed E-state index contributed by atoms with van der Waals surface area (Å²) in [5.74, 6) is -0.0767. The summed E-state index contributed by atoms with van der Waals surface area (Å²) in [4.78, 5) is 25.9. The third-order valence-electron chi connectivity index (χ3n) is 4.22. The summed E-state index contributed by atoms with van der Waals surface area (Å²) in [6, 6.07) is 9.82. The maximum atomic E-state index is 12.5. The molecule has 1 aliphatic heterocycles. The van der Waals surface area contributed by atoms with Gasteiger partial charge in [-0.15, -0.1) is 0 Å². The lowest BCUT2D eigenvalue weighted by Crippen LogP contribution is -2.42. The summed E-state index contributed by atoms with van der Waals surface area (Å²) in [5, 5.41) is 0. The quantitative estimate of drug-likeness (QED) is 0.778. The molecule has 0 aliphatic carbocycles. The van der Waals surface area contributed by atoms with Gasteiger partial charge >= 0.3 is 0 Å². The third-order valence-corrected chi connectivity index (χ3v) is 4.22. The van der Waals surface area contributed by atoms with Crippen molar-refractivity contribution in [2.24, 2.45) is 5.92 Å². The fraction of sp³-hybridized carbons (Fsp3) is 0.529. The summed E-state index contributed by atoms with van der Waals surface area (Å²) in [6.07, 6.45) is 2.25. The van der Waals surface area contributed by atoms with Crippen molar-refractivity contribution in [2.75, 3.05) is 6.54 Å². The van der Waals surface area contributed by atoms with E-state index in [1.54, 1.807) is 4.90 Å². The zero-order valence-corrected chi connectivity index (χ0v) is 12.8. The number of hydrogen-bond donors (Lipinski definition) is 0. The molecule has 1 aliphatic rings. The van der Waals surface area contributed by atoms with Crippen LogP contribution in [0.4, 0.5) is 0 Å². The first-order valence-electron chi connectivity index (χ1n) is 7.59. The van der Waals surface area contributed by atoms with E-state index >= 15 is 0 Å². The first-order valence-corrected chi connectivity index (χ1v) is 7.59. The van der Waals surface area contributed by atoms with Gasteiger partial charge in [0, 0.05) is 12.5 Å². The highest BCUT2D eigenvalue weighted by Crippen LogP contribution is 2.28. The largest absolute Gasteiger partial charge is 0.333 e. The second-order valence-corrected chi connectivity index (χ2v) is 6.04. The molecule has 2 rings (SSSR count). The molecule has 1 fully saturated rings. The predicted molar refractivity (Wildman–Crippen MR) is 84.2 cm³/mol. The van der Waals surface area contributed by atoms with Crippen molar-refractivity contribution in [2.45, 2.75) is 45.0 Å². The lowest BCUT2D eigenvalue weighted by Gasteiger charge is -2.26. The fourth-order valence-corrected chi connectivity index (χ4v) is 2.93. The van der Waals surface area contributed by atoms with Gasteiger partial charge in [0.05, 0.1) is 13.9 Å². The highest BCUT2D eigenvalue weighted by molar-refractivity contribution is 6.12. The number of carbonyl (C=O) groups excluding carboxylic acids is 2. The molecule has 110 valence electrons. The number of likely N-dealkylation sites (tertiary alicyclic amines) is 1. The normalized spacial score (nSPS) is 23.0. The SMILES string of the molecule is [B]C1C[C@@H](C(C)=O)N(C(=O)C(C)CCc2ccccc2)C1. The Bertz CT molecular complexity index is 503. The molecule has 4 heteroatoms. The average molecular weight is 283 g/mol. The Morgan fingerprint density at radius 2 is 2.00 bits per heavy atom. The highest BCUT2D eigenvalue weighted by atomic mass is 16.2. The van der Waals surface area contributed by atoms with Crippen LogP contribution in [0.5, 0.6) is 0 Å². The van der Waals surface area contributed by atoms with Crippen molar-refractivity contribution < 1.29 is 9.59 Å². The molecule has 0 spiro atoms. The Balaban J connectivity index is 1.94. The van der Waals surface area contributed by atoms with Gasteiger partial charge in [-0.1, -0.05) is 43.1 Å². The van der Waals surface area contributed by atoms with E-state index in [2.05, 4.69) is 12.1 Å². The average Bonchev–Trinajstić information content (AvgIpc) is 2.87. The first kappa shape index (κ1) is 15.8. The number of hydrogen-bond acceptors (Lipinski definition) is 2. The highest BCUT2D eigenvalue weighted by Gasteiger charge is 2.36. The van der Waals surface area contributed by atoms with Gasteiger partial charge in [0.15, 0.2) is 5.78 Å². The maximum Gasteiger partial charge on any atom is 0.226 e. The van der Waals surface area contributed by atoms with Crippen LogP contribution in [0.2, 0.25) is 5.82 Å². The van der Waals surface area contributed by atoms with E-state index in [9.17, 15) is 9.59 Å². The summed E-state index contributed by atoms with van der Waals surface area (Å²) in [7, 11) is 5.91. The number of Topliss-reactive ketones (excluding diaryl/α,β-unsaturated/α-hetero) is 1. The van der Waals surface area contributed by atoms with E-state index in [1.165, 1.54) is 12.5 Å². The summed E-state index contributed by atoms with van der Waals surface area (Å²) < 4.78 is 0. The Morgan fingerprint density at radius 1 is 1.33 bits per heavy atom. The molecular weight excluding hydrogens is 261 g/mol. The van der Waals surface area contributed by atoms with Gasteiger partial charge < -0.3 is 4.90 Å². The molecule has 1 aromatic rings. The second-order valence-electron chi connectivity index (χ2n) is 6.04. The Labute approximate surface area is 128 Å². The minimum absolute atomic E-state index is 0.0339. The number of nitrogens with zero attached hydrogens (tertiary/aromatic N) is 1. The van der Waals surface area contributed by atoms with Crippen LogP contribution in [-0.4, -0.2) is 37.0 Å². The van der Waals surface area contributed by atoms with E-state index in [4.69, 9.17) is 7.85 Å². The summed E-state index contributed by atoms with van der Waals surface area (Å²) >= 11 is 0. The van der Waals surface area contributed by atoms with Crippen LogP contribution in [0.15, 0.2) is 30.3 Å². The summed E-state index contributed by atoms with van der Waals surface area (Å²) in [6.45, 7) is 3.97. The van der Waals surface area contributed by atoms with Crippen molar-refractivity contribution in [1.29, 1.82) is 0 Å². The topological polar surface area (TPSA) is 37.4 Å². The monoisotopic (exact) mass is 283 g/mol. The van der Waals surface area contributed by atoms with Gasteiger partial charge in [0.2, 0.25) is 5.91 Å². The Hall–Kier alpha value is -1.58. The second kappa shape index (κ2) is 6.92. The van der Waals surface area contributed by atoms with Gasteiger partial charge in [0.25, 0.3) is 0 Å². The van der Waals surface area contributed by atoms with E-state index in [1.807, 2.05) is 25.1 Å². The van der Waals surface area contributed by atoms with Crippen molar-refractivity contribution in [1.82, 2.24) is 4.90 Å². The van der Waals surface area contributed by atoms with E-state index in [-0.39, 0.29) is 29.5 Å². The molecule has 0 N–H and O–H groups in total. The van der Waals surface area contributed by atoms with Crippen LogP contribution in [-0.2, 0) is 16.0 Å². The number of benzene rings is 1. The molecule has 0 saturated carbocycles. The molecule has 1 aromatic carbocycles. The van der Waals surface area contributed by atoms with E-state index in [0.717, 1.165) is 12.8 Å². The van der Waals surface area contributed by atoms with E-state index < -0.39 is 0 Å². The Morgan fingerprint density at radius 3 is 2.62 bits per heavy atom. The predicted octanol–water partition coefficient (Wildman–Crippen LogP) is 2.40. The number of rotatable bonds is 5. The molecule has 1 amide bonds. The van der Waals surface area contributed by atoms with Crippen LogP contribution in [0, 0.1) is 5.92 Å². The molecule has 21 heavy (non-hydrogen) atoms. The standard InChI is InChI=1S/C17H22BNO2/c1-12(8-9-14-6-4-3-5-7-14)17(21)19-11-15(18)10-16(19)13(2)20/h3-7,12,15-16H,8-11H2,1-2H3/t12?,15?,16-/m0/s1. The number of ketones is 1. The van der Waals surface area contributed by atoms with Crippen LogP contribution in [0.25, 0.3) is 0 Å². The van der Waals surface area contributed by atoms with Gasteiger partial charge in [-0.25, -0.2) is 0 Å². The van der Waals surface area contributed by atoms with Gasteiger partial charge in [-0.3, -0.25) is 9.59 Å². The first-order chi connectivity index (χ1) is 9.99. The van der Waals surface area contributed by atoms with Crippen LogP contribution < -0.4 is 0 Å². The molecule has 0 aromatic heterocycles. The molecule has 1 heterocycles. The molecule has 2 unspecified atom stereocenters. The molecule has 3 atom stereocenters. The van der Waals surface area contributed by atoms with Gasteiger partial charge in [0.1, 0.15) is 0 Å². The van der Waals surface area contributed by atoms with Crippen molar-refractivity contribution >= 4 is 19.5 Å². The minimum Gasteiger partial charge on any atom is -0.333 e. The van der Waals surface area contributed by atoms with Crippen molar-refractivity contribution in [3.8, 4) is 0 Å². The number of carbonyl (C=O) groups is 2. The smallest absolute Gasteiger partial charge is 0.226 e. The molecule has 3 nitrogen and oxygen atoms in total. The molecule has 2 radical (unpaired) electrons. The summed E-state index contributed by atoms with van der Waals surface area (Å²) in [5.41, 5.74) is 1.23. The van der Waals surface area contributed by atoms with Crippen LogP contribution in [0.1, 0.15) is 32.3 Å². The van der Waals surface area contributed by atoms with Gasteiger partial charge in [-0.05, 0) is 31.7 Å². The lowest BCUT2D eigenvalue weighted by molar-refractivity contribution is -0.140. The van der Waals surface area contributed by atoms with Crippen LogP contribution >= 0.6 is 0 Å². The minimum atomic E-state index is -0.327. The van der Waals surface area contributed by atoms with Crippen molar-refractivity contribution in [3.63, 3.8) is 0 Å². The lowest BCUT2D eigenvalue weighted by atomic mass is 9.85. The zero-order valence-electron chi connectivity index (χ0n) is 12.8. The number of amides is 1.